The van der Waals surface area contributed by atoms with Crippen LogP contribution in [-0.4, -0.2) is 34.5 Å². The van der Waals surface area contributed by atoms with Crippen molar-refractivity contribution in [3.05, 3.63) is 78.0 Å². The number of H-pyrrole nitrogens is 1. The molecular weight excluding hydrogens is 368 g/mol. The number of ether oxygens (including phenoxy) is 1. The molecule has 1 aromatic heterocycles. The van der Waals surface area contributed by atoms with E-state index in [1.165, 1.54) is 13.3 Å². The van der Waals surface area contributed by atoms with Crippen LogP contribution in [0.1, 0.15) is 16.1 Å². The van der Waals surface area contributed by atoms with Crippen molar-refractivity contribution in [1.82, 2.24) is 15.6 Å². The van der Waals surface area contributed by atoms with Crippen LogP contribution in [-0.2, 0) is 0 Å². The van der Waals surface area contributed by atoms with Crippen molar-refractivity contribution in [1.29, 1.82) is 0 Å². The standard InChI is InChI=1S/C22H18N4O3/c1-29-20-11-5-8-15(21(20)27)13-23-26-22(28)19-12-18(24-25-19)17-10-4-7-14-6-2-3-9-16(14)17/h2-13,27H,1H3,(H,24,25)(H,26,28)/b23-13-. The molecule has 0 aliphatic carbocycles. The summed E-state index contributed by atoms with van der Waals surface area (Å²) in [6, 6.07) is 20.6. The molecule has 7 heteroatoms. The van der Waals surface area contributed by atoms with E-state index in [9.17, 15) is 9.90 Å². The molecule has 0 saturated heterocycles. The van der Waals surface area contributed by atoms with Crippen molar-refractivity contribution in [2.45, 2.75) is 0 Å². The first-order valence-corrected chi connectivity index (χ1v) is 8.90. The van der Waals surface area contributed by atoms with Crippen molar-refractivity contribution in [2.24, 2.45) is 5.10 Å². The first kappa shape index (κ1) is 18.2. The van der Waals surface area contributed by atoms with Gasteiger partial charge in [-0.25, -0.2) is 5.43 Å². The summed E-state index contributed by atoms with van der Waals surface area (Å²) in [7, 11) is 1.46. The number of aromatic nitrogens is 2. The summed E-state index contributed by atoms with van der Waals surface area (Å²) < 4.78 is 5.05. The molecular formula is C22H18N4O3. The fourth-order valence-electron chi connectivity index (χ4n) is 3.05. The summed E-state index contributed by atoms with van der Waals surface area (Å²) >= 11 is 0. The second kappa shape index (κ2) is 7.85. The van der Waals surface area contributed by atoms with Gasteiger partial charge in [-0.2, -0.15) is 10.2 Å². The van der Waals surface area contributed by atoms with E-state index in [0.29, 0.717) is 17.0 Å². The van der Waals surface area contributed by atoms with Gasteiger partial charge in [-0.15, -0.1) is 0 Å². The Hall–Kier alpha value is -4.13. The SMILES string of the molecule is COc1cccc(/C=N\NC(=O)c2cc(-c3cccc4ccccc34)n[nH]2)c1O. The summed E-state index contributed by atoms with van der Waals surface area (Å²) in [6.45, 7) is 0. The number of fused-ring (bicyclic) bond motifs is 1. The second-order valence-electron chi connectivity index (χ2n) is 6.29. The van der Waals surface area contributed by atoms with Crippen LogP contribution < -0.4 is 10.2 Å². The smallest absolute Gasteiger partial charge is 0.289 e. The quantitative estimate of drug-likeness (QED) is 0.360. The minimum atomic E-state index is -0.442. The number of hydrazone groups is 1. The number of amides is 1. The van der Waals surface area contributed by atoms with Gasteiger partial charge in [-0.1, -0.05) is 48.5 Å². The highest BCUT2D eigenvalue weighted by molar-refractivity contribution is 5.98. The maximum atomic E-state index is 12.4. The number of aromatic hydroxyl groups is 1. The number of carbonyl (C=O) groups excluding carboxylic acids is 1. The van der Waals surface area contributed by atoms with Crippen LogP contribution in [0.3, 0.4) is 0 Å². The molecule has 0 radical (unpaired) electrons. The normalized spacial score (nSPS) is 11.1. The minimum Gasteiger partial charge on any atom is -0.504 e. The Morgan fingerprint density at radius 2 is 1.93 bits per heavy atom. The lowest BCUT2D eigenvalue weighted by atomic mass is 10.0. The zero-order chi connectivity index (χ0) is 20.2. The van der Waals surface area contributed by atoms with E-state index >= 15 is 0 Å². The molecule has 0 bridgehead atoms. The van der Waals surface area contributed by atoms with E-state index in [1.54, 1.807) is 24.3 Å². The molecule has 0 unspecified atom stereocenters. The third-order valence-corrected chi connectivity index (χ3v) is 4.51. The van der Waals surface area contributed by atoms with Crippen LogP contribution in [0.4, 0.5) is 0 Å². The van der Waals surface area contributed by atoms with E-state index < -0.39 is 5.91 Å². The van der Waals surface area contributed by atoms with Crippen molar-refractivity contribution in [3.63, 3.8) is 0 Å². The van der Waals surface area contributed by atoms with Gasteiger partial charge in [-0.05, 0) is 29.0 Å². The van der Waals surface area contributed by atoms with Gasteiger partial charge in [-0.3, -0.25) is 9.89 Å². The van der Waals surface area contributed by atoms with E-state index in [2.05, 4.69) is 20.7 Å². The number of aromatic amines is 1. The van der Waals surface area contributed by atoms with Crippen molar-refractivity contribution in [3.8, 4) is 22.8 Å². The van der Waals surface area contributed by atoms with Crippen LogP contribution >= 0.6 is 0 Å². The fourth-order valence-corrected chi connectivity index (χ4v) is 3.05. The molecule has 0 saturated carbocycles. The van der Waals surface area contributed by atoms with Crippen molar-refractivity contribution < 1.29 is 14.6 Å². The average Bonchev–Trinajstić information content (AvgIpc) is 3.24. The first-order valence-electron chi connectivity index (χ1n) is 8.90. The van der Waals surface area contributed by atoms with Crippen molar-refractivity contribution in [2.75, 3.05) is 7.11 Å². The predicted octanol–water partition coefficient (Wildman–Crippen LogP) is 3.71. The van der Waals surface area contributed by atoms with Gasteiger partial charge in [0, 0.05) is 11.1 Å². The van der Waals surface area contributed by atoms with Crippen LogP contribution in [0.2, 0.25) is 0 Å². The number of para-hydroxylation sites is 1. The molecule has 0 aliphatic heterocycles. The zero-order valence-corrected chi connectivity index (χ0v) is 15.6. The molecule has 4 aromatic rings. The monoisotopic (exact) mass is 386 g/mol. The van der Waals surface area contributed by atoms with Crippen LogP contribution in [0.15, 0.2) is 71.8 Å². The summed E-state index contributed by atoms with van der Waals surface area (Å²) in [5.41, 5.74) is 4.72. The maximum absolute atomic E-state index is 12.4. The fraction of sp³-hybridized carbons (Fsp3) is 0.0455. The number of nitrogens with one attached hydrogen (secondary N) is 2. The minimum absolute atomic E-state index is 0.0484. The largest absolute Gasteiger partial charge is 0.504 e. The van der Waals surface area contributed by atoms with Crippen LogP contribution in [0, 0.1) is 0 Å². The van der Waals surface area contributed by atoms with E-state index in [0.717, 1.165) is 16.3 Å². The third-order valence-electron chi connectivity index (χ3n) is 4.51. The summed E-state index contributed by atoms with van der Waals surface area (Å²) in [6.07, 6.45) is 1.34. The number of hydrogen-bond acceptors (Lipinski definition) is 5. The summed E-state index contributed by atoms with van der Waals surface area (Å²) in [5.74, 6) is -0.163. The molecule has 29 heavy (non-hydrogen) atoms. The summed E-state index contributed by atoms with van der Waals surface area (Å²) in [4.78, 5) is 12.4. The van der Waals surface area contributed by atoms with Gasteiger partial charge < -0.3 is 9.84 Å². The van der Waals surface area contributed by atoms with E-state index in [4.69, 9.17) is 4.74 Å². The first-order chi connectivity index (χ1) is 14.2. The molecule has 144 valence electrons. The molecule has 0 aliphatic rings. The van der Waals surface area contributed by atoms with Gasteiger partial charge in [0.15, 0.2) is 11.5 Å². The van der Waals surface area contributed by atoms with Gasteiger partial charge >= 0.3 is 0 Å². The van der Waals surface area contributed by atoms with E-state index in [-0.39, 0.29) is 11.4 Å². The number of rotatable bonds is 5. The predicted molar refractivity (Wildman–Crippen MR) is 111 cm³/mol. The van der Waals surface area contributed by atoms with Gasteiger partial charge in [0.25, 0.3) is 5.91 Å². The third kappa shape index (κ3) is 3.66. The van der Waals surface area contributed by atoms with Crippen LogP contribution in [0.25, 0.3) is 22.0 Å². The average molecular weight is 386 g/mol. The second-order valence-corrected chi connectivity index (χ2v) is 6.29. The molecule has 7 nitrogen and oxygen atoms in total. The lowest BCUT2D eigenvalue weighted by Crippen LogP contribution is -2.18. The topological polar surface area (TPSA) is 99.6 Å². The van der Waals surface area contributed by atoms with E-state index in [1.807, 2.05) is 42.5 Å². The zero-order valence-electron chi connectivity index (χ0n) is 15.6. The molecule has 3 N–H and O–H groups in total. The molecule has 1 heterocycles. The lowest BCUT2D eigenvalue weighted by Gasteiger charge is -2.04. The number of benzene rings is 3. The number of nitrogens with zero attached hydrogens (tertiary/aromatic N) is 2. The number of carbonyl (C=O) groups is 1. The number of methoxy groups -OCH3 is 1. The summed E-state index contributed by atoms with van der Waals surface area (Å²) in [5, 5.41) is 23.1. The Morgan fingerprint density at radius 3 is 2.79 bits per heavy atom. The highest BCUT2D eigenvalue weighted by atomic mass is 16.5. The molecule has 3 aromatic carbocycles. The highest BCUT2D eigenvalue weighted by Gasteiger charge is 2.12. The number of phenolic OH excluding ortho intramolecular Hbond substituents is 1. The van der Waals surface area contributed by atoms with Gasteiger partial charge in [0.2, 0.25) is 0 Å². The van der Waals surface area contributed by atoms with Gasteiger partial charge in [0.1, 0.15) is 5.69 Å². The Labute approximate surface area is 166 Å². The molecule has 0 fully saturated rings. The Bertz CT molecular complexity index is 1210. The van der Waals surface area contributed by atoms with Crippen LogP contribution in [0.5, 0.6) is 11.5 Å². The number of hydrogen-bond donors (Lipinski definition) is 3. The molecule has 1 amide bonds. The molecule has 4 rings (SSSR count). The van der Waals surface area contributed by atoms with Gasteiger partial charge in [0.05, 0.1) is 19.0 Å². The Kier molecular flexibility index (Phi) is 4.94. The highest BCUT2D eigenvalue weighted by Crippen LogP contribution is 2.28. The maximum Gasteiger partial charge on any atom is 0.289 e. The number of phenols is 1. The molecule has 0 spiro atoms. The lowest BCUT2D eigenvalue weighted by molar-refractivity contribution is 0.0950. The Morgan fingerprint density at radius 1 is 1.14 bits per heavy atom. The molecule has 0 atom stereocenters. The Balaban J connectivity index is 1.52. The van der Waals surface area contributed by atoms with Crippen molar-refractivity contribution >= 4 is 22.9 Å².